The van der Waals surface area contributed by atoms with Crippen molar-refractivity contribution in [1.82, 2.24) is 0 Å². The summed E-state index contributed by atoms with van der Waals surface area (Å²) in [5.74, 6) is 1.26. The summed E-state index contributed by atoms with van der Waals surface area (Å²) in [4.78, 5) is 10.8. The number of anilines is 1. The second kappa shape index (κ2) is 6.77. The molecule has 0 aliphatic heterocycles. The van der Waals surface area contributed by atoms with E-state index in [-0.39, 0.29) is 10.6 Å². The maximum absolute atomic E-state index is 11.1. The fraction of sp³-hybridized carbons (Fsp3) is 0.625. The first-order valence-electron chi connectivity index (χ1n) is 7.61. The van der Waals surface area contributed by atoms with Crippen molar-refractivity contribution in [2.75, 3.05) is 5.32 Å². The van der Waals surface area contributed by atoms with Crippen molar-refractivity contribution in [3.63, 3.8) is 0 Å². The third-order valence-electron chi connectivity index (χ3n) is 4.50. The topological polar surface area (TPSA) is 55.2 Å². The number of aryl methyl sites for hydroxylation is 1. The van der Waals surface area contributed by atoms with Crippen molar-refractivity contribution in [2.45, 2.75) is 52.5 Å². The van der Waals surface area contributed by atoms with Gasteiger partial charge in [0.25, 0.3) is 5.69 Å². The molecule has 0 bridgehead atoms. The van der Waals surface area contributed by atoms with Gasteiger partial charge in [0.15, 0.2) is 0 Å². The maximum Gasteiger partial charge on any atom is 0.274 e. The normalized spacial score (nSPS) is 22.3. The maximum atomic E-state index is 11.1. The number of benzene rings is 1. The third-order valence-corrected chi connectivity index (χ3v) is 5.16. The first-order valence-corrected chi connectivity index (χ1v) is 8.40. The summed E-state index contributed by atoms with van der Waals surface area (Å²) in [5.41, 5.74) is 1.70. The molecule has 1 N–H and O–H groups in total. The van der Waals surface area contributed by atoms with E-state index in [0.717, 1.165) is 16.6 Å². The van der Waals surface area contributed by atoms with E-state index in [1.165, 1.54) is 19.3 Å². The molecule has 5 heteroatoms. The van der Waals surface area contributed by atoms with Gasteiger partial charge in [0, 0.05) is 22.1 Å². The zero-order valence-corrected chi connectivity index (χ0v) is 14.4. The highest BCUT2D eigenvalue weighted by Crippen LogP contribution is 2.36. The van der Waals surface area contributed by atoms with E-state index >= 15 is 0 Å². The molecule has 2 atom stereocenters. The third kappa shape index (κ3) is 3.76. The van der Waals surface area contributed by atoms with Crippen LogP contribution in [-0.2, 0) is 0 Å². The molecule has 116 valence electrons. The Morgan fingerprint density at radius 2 is 2.00 bits per heavy atom. The van der Waals surface area contributed by atoms with Crippen LogP contribution in [0.5, 0.6) is 0 Å². The van der Waals surface area contributed by atoms with Crippen LogP contribution in [0, 0.1) is 28.9 Å². The molecule has 0 spiro atoms. The van der Waals surface area contributed by atoms with E-state index in [2.05, 4.69) is 35.1 Å². The number of nitrogens with zero attached hydrogens (tertiary/aromatic N) is 1. The molecule has 1 aliphatic carbocycles. The largest absolute Gasteiger partial charge is 0.381 e. The van der Waals surface area contributed by atoms with Gasteiger partial charge in [-0.15, -0.1) is 0 Å². The summed E-state index contributed by atoms with van der Waals surface area (Å²) in [6, 6.07) is 3.89. The van der Waals surface area contributed by atoms with E-state index in [1.807, 2.05) is 6.07 Å². The summed E-state index contributed by atoms with van der Waals surface area (Å²) < 4.78 is 0.902. The number of rotatable bonds is 4. The van der Waals surface area contributed by atoms with Gasteiger partial charge in [-0.25, -0.2) is 0 Å². The fourth-order valence-corrected chi connectivity index (χ4v) is 3.88. The molecule has 4 nitrogen and oxygen atoms in total. The first-order chi connectivity index (χ1) is 9.90. The SMILES string of the molecule is Cc1cc(Br)c(NC2CCCCC2C(C)C)cc1[N+](=O)[O-]. The average molecular weight is 355 g/mol. The Morgan fingerprint density at radius 3 is 2.62 bits per heavy atom. The summed E-state index contributed by atoms with van der Waals surface area (Å²) in [6.07, 6.45) is 4.89. The Labute approximate surface area is 134 Å². The van der Waals surface area contributed by atoms with Gasteiger partial charge in [-0.3, -0.25) is 10.1 Å². The van der Waals surface area contributed by atoms with Crippen LogP contribution in [0.2, 0.25) is 0 Å². The Hall–Kier alpha value is -1.10. The van der Waals surface area contributed by atoms with Gasteiger partial charge in [-0.1, -0.05) is 26.7 Å². The smallest absolute Gasteiger partial charge is 0.274 e. The summed E-state index contributed by atoms with van der Waals surface area (Å²) >= 11 is 3.53. The van der Waals surface area contributed by atoms with Gasteiger partial charge in [-0.2, -0.15) is 0 Å². The standard InChI is InChI=1S/C16H23BrN2O2/c1-10(2)12-6-4-5-7-14(12)18-15-9-16(19(20)21)11(3)8-13(15)17/h8-10,12,14,18H,4-7H2,1-3H3. The minimum absolute atomic E-state index is 0.178. The second-order valence-corrected chi connectivity index (χ2v) is 7.17. The van der Waals surface area contributed by atoms with Gasteiger partial charge in [0.2, 0.25) is 0 Å². The van der Waals surface area contributed by atoms with Crippen LogP contribution >= 0.6 is 15.9 Å². The van der Waals surface area contributed by atoms with E-state index in [0.29, 0.717) is 23.4 Å². The molecule has 1 aromatic carbocycles. The second-order valence-electron chi connectivity index (χ2n) is 6.32. The van der Waals surface area contributed by atoms with E-state index < -0.39 is 0 Å². The molecule has 1 aromatic rings. The number of nitro groups is 1. The summed E-state index contributed by atoms with van der Waals surface area (Å²) in [5, 5.41) is 14.7. The molecule has 2 unspecified atom stereocenters. The monoisotopic (exact) mass is 354 g/mol. The minimum Gasteiger partial charge on any atom is -0.381 e. The zero-order chi connectivity index (χ0) is 15.6. The molecule has 0 saturated heterocycles. The quantitative estimate of drug-likeness (QED) is 0.590. The highest BCUT2D eigenvalue weighted by Gasteiger charge is 2.28. The van der Waals surface area contributed by atoms with Crippen molar-refractivity contribution in [2.24, 2.45) is 11.8 Å². The van der Waals surface area contributed by atoms with Gasteiger partial charge in [0.05, 0.1) is 10.6 Å². The lowest BCUT2D eigenvalue weighted by Gasteiger charge is -2.35. The van der Waals surface area contributed by atoms with Crippen LogP contribution in [-0.4, -0.2) is 11.0 Å². The Bertz CT molecular complexity index is 531. The predicted molar refractivity (Wildman–Crippen MR) is 89.7 cm³/mol. The highest BCUT2D eigenvalue weighted by molar-refractivity contribution is 9.10. The van der Waals surface area contributed by atoms with Gasteiger partial charge < -0.3 is 5.32 Å². The predicted octanol–water partition coefficient (Wildman–Crippen LogP) is 5.29. The number of halogens is 1. The number of hydrogen-bond acceptors (Lipinski definition) is 3. The lowest BCUT2D eigenvalue weighted by Crippen LogP contribution is -2.35. The lowest BCUT2D eigenvalue weighted by atomic mass is 9.78. The molecule has 0 heterocycles. The molecular formula is C16H23BrN2O2. The van der Waals surface area contributed by atoms with Crippen LogP contribution in [0.15, 0.2) is 16.6 Å². The first kappa shape index (κ1) is 16.3. The van der Waals surface area contributed by atoms with Gasteiger partial charge in [0.1, 0.15) is 0 Å². The van der Waals surface area contributed by atoms with Crippen molar-refractivity contribution < 1.29 is 4.92 Å². The summed E-state index contributed by atoms with van der Waals surface area (Å²) in [6.45, 7) is 6.29. The zero-order valence-electron chi connectivity index (χ0n) is 12.9. The van der Waals surface area contributed by atoms with Crippen molar-refractivity contribution >= 4 is 27.3 Å². The minimum atomic E-state index is -0.312. The Morgan fingerprint density at radius 1 is 1.33 bits per heavy atom. The van der Waals surface area contributed by atoms with Crippen LogP contribution in [0.1, 0.15) is 45.1 Å². The molecule has 2 rings (SSSR count). The Kier molecular flexibility index (Phi) is 5.25. The van der Waals surface area contributed by atoms with Crippen molar-refractivity contribution in [1.29, 1.82) is 0 Å². The van der Waals surface area contributed by atoms with E-state index in [9.17, 15) is 10.1 Å². The molecule has 0 aromatic heterocycles. The van der Waals surface area contributed by atoms with Crippen molar-refractivity contribution in [3.8, 4) is 0 Å². The lowest BCUT2D eigenvalue weighted by molar-refractivity contribution is -0.385. The highest BCUT2D eigenvalue weighted by atomic mass is 79.9. The van der Waals surface area contributed by atoms with Gasteiger partial charge >= 0.3 is 0 Å². The van der Waals surface area contributed by atoms with Crippen LogP contribution in [0.25, 0.3) is 0 Å². The van der Waals surface area contributed by atoms with Crippen molar-refractivity contribution in [3.05, 3.63) is 32.3 Å². The molecule has 0 radical (unpaired) electrons. The molecule has 21 heavy (non-hydrogen) atoms. The molecule has 1 fully saturated rings. The number of nitrogens with one attached hydrogen (secondary N) is 1. The number of nitro benzene ring substituents is 1. The van der Waals surface area contributed by atoms with Gasteiger partial charge in [-0.05, 0) is 53.6 Å². The van der Waals surface area contributed by atoms with Crippen LogP contribution in [0.3, 0.4) is 0 Å². The average Bonchev–Trinajstić information content (AvgIpc) is 2.41. The Balaban J connectivity index is 2.25. The van der Waals surface area contributed by atoms with E-state index in [4.69, 9.17) is 0 Å². The summed E-state index contributed by atoms with van der Waals surface area (Å²) in [7, 11) is 0. The molecular weight excluding hydrogens is 332 g/mol. The van der Waals surface area contributed by atoms with Crippen LogP contribution in [0.4, 0.5) is 11.4 Å². The molecule has 1 aliphatic rings. The van der Waals surface area contributed by atoms with E-state index in [1.54, 1.807) is 13.0 Å². The molecule has 1 saturated carbocycles. The fourth-order valence-electron chi connectivity index (χ4n) is 3.31. The number of hydrogen-bond donors (Lipinski definition) is 1. The molecule has 0 amide bonds. The van der Waals surface area contributed by atoms with Crippen LogP contribution < -0.4 is 5.32 Å².